The minimum atomic E-state index is -0.0190. The quantitative estimate of drug-likeness (QED) is 0.559. The summed E-state index contributed by atoms with van der Waals surface area (Å²) in [6.45, 7) is 9.70. The van der Waals surface area contributed by atoms with Gasteiger partial charge < -0.3 is 20.0 Å². The van der Waals surface area contributed by atoms with Gasteiger partial charge in [-0.05, 0) is 37.3 Å². The van der Waals surface area contributed by atoms with Crippen molar-refractivity contribution in [3.05, 3.63) is 24.2 Å². The predicted molar refractivity (Wildman–Crippen MR) is 103 cm³/mol. The van der Waals surface area contributed by atoms with Crippen molar-refractivity contribution in [1.29, 1.82) is 0 Å². The van der Waals surface area contributed by atoms with Crippen molar-refractivity contribution in [2.24, 2.45) is 10.4 Å². The smallest absolute Gasteiger partial charge is 0.243 e. The highest BCUT2D eigenvalue weighted by molar-refractivity contribution is 5.84. The second kappa shape index (κ2) is 10.1. The van der Waals surface area contributed by atoms with Crippen LogP contribution in [0.3, 0.4) is 0 Å². The highest BCUT2D eigenvalue weighted by atomic mass is 16.3. The fourth-order valence-corrected chi connectivity index (χ4v) is 2.15. The molecule has 0 aliphatic rings. The lowest BCUT2D eigenvalue weighted by molar-refractivity contribution is -0.127. The van der Waals surface area contributed by atoms with Crippen LogP contribution in [-0.2, 0) is 11.2 Å². The van der Waals surface area contributed by atoms with Crippen LogP contribution in [0.4, 0.5) is 0 Å². The van der Waals surface area contributed by atoms with Crippen LogP contribution in [0, 0.1) is 5.41 Å². The largest absolute Gasteiger partial charge is 0.469 e. The van der Waals surface area contributed by atoms with E-state index in [9.17, 15) is 4.79 Å². The maximum atomic E-state index is 11.8. The van der Waals surface area contributed by atoms with Crippen LogP contribution >= 0.6 is 0 Å². The summed E-state index contributed by atoms with van der Waals surface area (Å²) in [5, 5.41) is 6.69. The molecule has 0 spiro atoms. The molecule has 1 rings (SSSR count). The third-order valence-corrected chi connectivity index (χ3v) is 3.83. The molecule has 1 aromatic rings. The van der Waals surface area contributed by atoms with Gasteiger partial charge in [0.15, 0.2) is 5.96 Å². The van der Waals surface area contributed by atoms with Crippen LogP contribution in [0.15, 0.2) is 27.8 Å². The summed E-state index contributed by atoms with van der Waals surface area (Å²) in [5.74, 6) is 1.58. The minimum Gasteiger partial charge on any atom is -0.469 e. The molecule has 142 valence electrons. The van der Waals surface area contributed by atoms with E-state index in [0.717, 1.165) is 25.0 Å². The zero-order valence-electron chi connectivity index (χ0n) is 16.6. The van der Waals surface area contributed by atoms with Gasteiger partial charge in [-0.3, -0.25) is 4.79 Å². The molecule has 1 atom stereocenters. The Labute approximate surface area is 152 Å². The first-order valence-corrected chi connectivity index (χ1v) is 8.95. The van der Waals surface area contributed by atoms with Crippen LogP contribution in [0.2, 0.25) is 0 Å². The summed E-state index contributed by atoms with van der Waals surface area (Å²) in [4.78, 5) is 17.8. The molecule has 6 nitrogen and oxygen atoms in total. The normalized spacial score (nSPS) is 13.4. The van der Waals surface area contributed by atoms with Crippen LogP contribution in [-0.4, -0.2) is 50.0 Å². The summed E-state index contributed by atoms with van der Waals surface area (Å²) < 4.78 is 5.34. The lowest BCUT2D eigenvalue weighted by Gasteiger charge is -2.23. The van der Waals surface area contributed by atoms with Gasteiger partial charge in [0.25, 0.3) is 0 Å². The number of hydrogen-bond acceptors (Lipinski definition) is 3. The average Bonchev–Trinajstić information content (AvgIpc) is 3.02. The Bertz CT molecular complexity index is 530. The van der Waals surface area contributed by atoms with E-state index in [1.807, 2.05) is 12.1 Å². The van der Waals surface area contributed by atoms with Crippen LogP contribution < -0.4 is 10.6 Å². The minimum absolute atomic E-state index is 0.0190. The molecule has 25 heavy (non-hydrogen) atoms. The number of hydrogen-bond donors (Lipinski definition) is 2. The SMILES string of the molecule is CC(CCC(C)(C)C)NC(=NCC(=O)N(C)C)NCCc1ccco1. The molecule has 0 aromatic carbocycles. The van der Waals surface area contributed by atoms with Crippen LogP contribution in [0.25, 0.3) is 0 Å². The Morgan fingerprint density at radius 3 is 2.64 bits per heavy atom. The van der Waals surface area contributed by atoms with E-state index in [-0.39, 0.29) is 18.5 Å². The van der Waals surface area contributed by atoms with Gasteiger partial charge in [-0.1, -0.05) is 20.8 Å². The number of carbonyl (C=O) groups is 1. The molecule has 0 bridgehead atoms. The maximum absolute atomic E-state index is 11.8. The second-order valence-electron chi connectivity index (χ2n) is 7.85. The third kappa shape index (κ3) is 9.79. The summed E-state index contributed by atoms with van der Waals surface area (Å²) in [6, 6.07) is 4.11. The van der Waals surface area contributed by atoms with Crippen molar-refractivity contribution in [2.45, 2.75) is 53.0 Å². The van der Waals surface area contributed by atoms with E-state index < -0.39 is 0 Å². The molecular weight excluding hydrogens is 316 g/mol. The van der Waals surface area contributed by atoms with Crippen LogP contribution in [0.1, 0.15) is 46.3 Å². The van der Waals surface area contributed by atoms with Gasteiger partial charge >= 0.3 is 0 Å². The number of likely N-dealkylation sites (N-methyl/N-ethyl adjacent to an activating group) is 1. The molecule has 1 unspecified atom stereocenters. The Hall–Kier alpha value is -1.98. The third-order valence-electron chi connectivity index (χ3n) is 3.83. The van der Waals surface area contributed by atoms with E-state index >= 15 is 0 Å². The highest BCUT2D eigenvalue weighted by Crippen LogP contribution is 2.21. The van der Waals surface area contributed by atoms with Gasteiger partial charge in [-0.2, -0.15) is 0 Å². The lowest BCUT2D eigenvalue weighted by Crippen LogP contribution is -2.44. The zero-order chi connectivity index (χ0) is 18.9. The number of rotatable bonds is 8. The monoisotopic (exact) mass is 350 g/mol. The summed E-state index contributed by atoms with van der Waals surface area (Å²) in [6.07, 6.45) is 4.61. The Balaban J connectivity index is 2.56. The van der Waals surface area contributed by atoms with E-state index in [0.29, 0.717) is 17.9 Å². The number of furan rings is 1. The number of amides is 1. The average molecular weight is 351 g/mol. The molecule has 6 heteroatoms. The number of carbonyl (C=O) groups excluding carboxylic acids is 1. The molecule has 0 radical (unpaired) electrons. The van der Waals surface area contributed by atoms with Crippen LogP contribution in [0.5, 0.6) is 0 Å². The fraction of sp³-hybridized carbons (Fsp3) is 0.684. The van der Waals surface area contributed by atoms with Gasteiger partial charge in [0.05, 0.1) is 6.26 Å². The summed E-state index contributed by atoms with van der Waals surface area (Å²) >= 11 is 0. The van der Waals surface area contributed by atoms with Gasteiger partial charge in [0.1, 0.15) is 12.3 Å². The highest BCUT2D eigenvalue weighted by Gasteiger charge is 2.14. The fourth-order valence-electron chi connectivity index (χ4n) is 2.15. The zero-order valence-corrected chi connectivity index (χ0v) is 16.6. The van der Waals surface area contributed by atoms with Crippen molar-refractivity contribution >= 4 is 11.9 Å². The first-order valence-electron chi connectivity index (χ1n) is 8.95. The topological polar surface area (TPSA) is 69.9 Å². The predicted octanol–water partition coefficient (Wildman–Crippen LogP) is 2.66. The van der Waals surface area contributed by atoms with Crippen molar-refractivity contribution < 1.29 is 9.21 Å². The first kappa shape index (κ1) is 21.1. The molecule has 1 heterocycles. The number of aliphatic imine (C=N–C) groups is 1. The van der Waals surface area contributed by atoms with Crippen molar-refractivity contribution in [3.8, 4) is 0 Å². The molecule has 1 aromatic heterocycles. The van der Waals surface area contributed by atoms with E-state index in [4.69, 9.17) is 4.42 Å². The lowest BCUT2D eigenvalue weighted by atomic mass is 9.89. The van der Waals surface area contributed by atoms with Gasteiger partial charge in [0, 0.05) is 33.1 Å². The van der Waals surface area contributed by atoms with Crippen molar-refractivity contribution in [2.75, 3.05) is 27.2 Å². The Morgan fingerprint density at radius 1 is 1.36 bits per heavy atom. The molecule has 0 aliphatic heterocycles. The number of guanidine groups is 1. The number of nitrogens with one attached hydrogen (secondary N) is 2. The molecule has 0 saturated carbocycles. The van der Waals surface area contributed by atoms with Crippen molar-refractivity contribution in [3.63, 3.8) is 0 Å². The van der Waals surface area contributed by atoms with Gasteiger partial charge in [0.2, 0.25) is 5.91 Å². The van der Waals surface area contributed by atoms with Gasteiger partial charge in [-0.15, -0.1) is 0 Å². The molecule has 2 N–H and O–H groups in total. The molecule has 0 fully saturated rings. The number of nitrogens with zero attached hydrogens (tertiary/aromatic N) is 2. The van der Waals surface area contributed by atoms with E-state index in [2.05, 4.69) is 43.3 Å². The first-order chi connectivity index (χ1) is 11.7. The van der Waals surface area contributed by atoms with E-state index in [1.54, 1.807) is 25.3 Å². The molecule has 1 amide bonds. The molecule has 0 aliphatic carbocycles. The van der Waals surface area contributed by atoms with Gasteiger partial charge in [-0.25, -0.2) is 4.99 Å². The second-order valence-corrected chi connectivity index (χ2v) is 7.85. The maximum Gasteiger partial charge on any atom is 0.243 e. The Kier molecular flexibility index (Phi) is 8.52. The molecular formula is C19H34N4O2. The summed E-state index contributed by atoms with van der Waals surface area (Å²) in [7, 11) is 3.47. The Morgan fingerprint density at radius 2 is 2.08 bits per heavy atom. The molecule has 0 saturated heterocycles. The standard InChI is InChI=1S/C19H34N4O2/c1-15(9-11-19(2,3)4)22-18(21-14-17(24)23(5)6)20-12-10-16-8-7-13-25-16/h7-8,13,15H,9-12,14H2,1-6H3,(H2,20,21,22). The summed E-state index contributed by atoms with van der Waals surface area (Å²) in [5.41, 5.74) is 0.306. The van der Waals surface area contributed by atoms with Crippen molar-refractivity contribution in [1.82, 2.24) is 15.5 Å². The van der Waals surface area contributed by atoms with E-state index in [1.165, 1.54) is 0 Å².